The van der Waals surface area contributed by atoms with Crippen molar-refractivity contribution in [1.29, 1.82) is 0 Å². The van der Waals surface area contributed by atoms with Gasteiger partial charge in [-0.1, -0.05) is 23.8 Å². The monoisotopic (exact) mass is 397 g/mol. The molecule has 1 fully saturated rings. The lowest BCUT2D eigenvalue weighted by molar-refractivity contribution is -0.121. The normalized spacial score (nSPS) is 16.3. The van der Waals surface area contributed by atoms with Gasteiger partial charge in [0.2, 0.25) is 5.91 Å². The SMILES string of the molecule is COc1ccc(CN2CCN(C(C)C(=O)Nc3ccc(C)cc3)CC2)cc1OC. The predicted molar refractivity (Wildman–Crippen MR) is 116 cm³/mol. The van der Waals surface area contributed by atoms with Gasteiger partial charge in [0.1, 0.15) is 0 Å². The molecule has 1 aliphatic heterocycles. The van der Waals surface area contributed by atoms with Crippen molar-refractivity contribution >= 4 is 11.6 Å². The highest BCUT2D eigenvalue weighted by Gasteiger charge is 2.25. The van der Waals surface area contributed by atoms with Crippen molar-refractivity contribution in [1.82, 2.24) is 9.80 Å². The van der Waals surface area contributed by atoms with Crippen LogP contribution in [0.3, 0.4) is 0 Å². The summed E-state index contributed by atoms with van der Waals surface area (Å²) in [6, 6.07) is 13.8. The number of nitrogens with one attached hydrogen (secondary N) is 1. The van der Waals surface area contributed by atoms with E-state index in [0.717, 1.165) is 49.9 Å². The van der Waals surface area contributed by atoms with Gasteiger partial charge in [-0.25, -0.2) is 0 Å². The van der Waals surface area contributed by atoms with Gasteiger partial charge < -0.3 is 14.8 Å². The number of rotatable bonds is 7. The summed E-state index contributed by atoms with van der Waals surface area (Å²) in [5, 5.41) is 3.02. The Morgan fingerprint density at radius 3 is 2.28 bits per heavy atom. The van der Waals surface area contributed by atoms with Crippen LogP contribution in [0.1, 0.15) is 18.1 Å². The van der Waals surface area contributed by atoms with Crippen molar-refractivity contribution in [2.75, 3.05) is 45.7 Å². The number of hydrogen-bond acceptors (Lipinski definition) is 5. The molecule has 156 valence electrons. The van der Waals surface area contributed by atoms with E-state index in [4.69, 9.17) is 9.47 Å². The highest BCUT2D eigenvalue weighted by molar-refractivity contribution is 5.94. The molecule has 0 saturated carbocycles. The molecule has 0 aliphatic carbocycles. The zero-order valence-electron chi connectivity index (χ0n) is 17.8. The Balaban J connectivity index is 1.50. The van der Waals surface area contributed by atoms with Crippen LogP contribution in [0.4, 0.5) is 5.69 Å². The number of methoxy groups -OCH3 is 2. The molecule has 1 amide bonds. The van der Waals surface area contributed by atoms with Gasteiger partial charge in [0.15, 0.2) is 11.5 Å². The Morgan fingerprint density at radius 1 is 1.00 bits per heavy atom. The van der Waals surface area contributed by atoms with E-state index in [1.54, 1.807) is 14.2 Å². The summed E-state index contributed by atoms with van der Waals surface area (Å²) >= 11 is 0. The summed E-state index contributed by atoms with van der Waals surface area (Å²) < 4.78 is 10.7. The van der Waals surface area contributed by atoms with Crippen LogP contribution < -0.4 is 14.8 Å². The van der Waals surface area contributed by atoms with Crippen LogP contribution in [0.5, 0.6) is 11.5 Å². The van der Waals surface area contributed by atoms with Gasteiger partial charge in [0.25, 0.3) is 0 Å². The van der Waals surface area contributed by atoms with Crippen molar-refractivity contribution in [2.24, 2.45) is 0 Å². The largest absolute Gasteiger partial charge is 0.493 e. The maximum absolute atomic E-state index is 12.6. The lowest BCUT2D eigenvalue weighted by Gasteiger charge is -2.37. The fourth-order valence-corrected chi connectivity index (χ4v) is 3.60. The first-order chi connectivity index (χ1) is 14.0. The number of hydrogen-bond donors (Lipinski definition) is 1. The molecule has 0 radical (unpaired) electrons. The standard InChI is InChI=1S/C23H31N3O3/c1-17-5-8-20(9-6-17)24-23(27)18(2)26-13-11-25(12-14-26)16-19-7-10-21(28-3)22(15-19)29-4/h5-10,15,18H,11-14,16H2,1-4H3,(H,24,27). The third-order valence-electron chi connectivity index (χ3n) is 5.51. The topological polar surface area (TPSA) is 54.0 Å². The van der Waals surface area contributed by atoms with Crippen LogP contribution in [-0.4, -0.2) is 62.1 Å². The van der Waals surface area contributed by atoms with Crippen molar-refractivity contribution in [2.45, 2.75) is 26.4 Å². The summed E-state index contributed by atoms with van der Waals surface area (Å²) in [5.74, 6) is 1.54. The lowest BCUT2D eigenvalue weighted by atomic mass is 10.1. The minimum absolute atomic E-state index is 0.0437. The number of nitrogens with zero attached hydrogens (tertiary/aromatic N) is 2. The Morgan fingerprint density at radius 2 is 1.66 bits per heavy atom. The average molecular weight is 398 g/mol. The molecule has 1 N–H and O–H groups in total. The van der Waals surface area contributed by atoms with Crippen LogP contribution in [-0.2, 0) is 11.3 Å². The molecule has 2 aromatic carbocycles. The molecular formula is C23H31N3O3. The molecule has 3 rings (SSSR count). The molecular weight excluding hydrogens is 366 g/mol. The molecule has 6 heteroatoms. The summed E-state index contributed by atoms with van der Waals surface area (Å²) in [5.41, 5.74) is 3.22. The molecule has 0 spiro atoms. The Labute approximate surface area is 173 Å². The minimum atomic E-state index is -0.153. The summed E-state index contributed by atoms with van der Waals surface area (Å²) in [4.78, 5) is 17.3. The molecule has 1 unspecified atom stereocenters. The maximum atomic E-state index is 12.6. The summed E-state index contributed by atoms with van der Waals surface area (Å²) in [6.45, 7) is 8.47. The van der Waals surface area contributed by atoms with Crippen molar-refractivity contribution < 1.29 is 14.3 Å². The Kier molecular flexibility index (Phi) is 7.12. The third kappa shape index (κ3) is 5.49. The first-order valence-corrected chi connectivity index (χ1v) is 10.0. The number of anilines is 1. The van der Waals surface area contributed by atoms with E-state index in [1.807, 2.05) is 50.2 Å². The zero-order chi connectivity index (χ0) is 20.8. The zero-order valence-corrected chi connectivity index (χ0v) is 17.8. The fraction of sp³-hybridized carbons (Fsp3) is 0.435. The molecule has 1 heterocycles. The molecule has 0 aromatic heterocycles. The van der Waals surface area contributed by atoms with Crippen LogP contribution in [0.2, 0.25) is 0 Å². The van der Waals surface area contributed by atoms with E-state index in [-0.39, 0.29) is 11.9 Å². The molecule has 2 aromatic rings. The van der Waals surface area contributed by atoms with E-state index in [9.17, 15) is 4.79 Å². The second-order valence-electron chi connectivity index (χ2n) is 7.53. The van der Waals surface area contributed by atoms with Gasteiger partial charge in [-0.15, -0.1) is 0 Å². The van der Waals surface area contributed by atoms with Crippen LogP contribution in [0.25, 0.3) is 0 Å². The molecule has 1 atom stereocenters. The van der Waals surface area contributed by atoms with E-state index in [0.29, 0.717) is 0 Å². The molecule has 0 bridgehead atoms. The van der Waals surface area contributed by atoms with E-state index in [1.165, 1.54) is 11.1 Å². The van der Waals surface area contributed by atoms with E-state index < -0.39 is 0 Å². The number of benzene rings is 2. The average Bonchev–Trinajstić information content (AvgIpc) is 2.75. The number of carbonyl (C=O) groups is 1. The summed E-state index contributed by atoms with van der Waals surface area (Å²) in [6.07, 6.45) is 0. The number of carbonyl (C=O) groups excluding carboxylic acids is 1. The number of amides is 1. The molecule has 1 aliphatic rings. The predicted octanol–water partition coefficient (Wildman–Crippen LogP) is 3.16. The van der Waals surface area contributed by atoms with Crippen LogP contribution >= 0.6 is 0 Å². The van der Waals surface area contributed by atoms with Gasteiger partial charge in [-0.05, 0) is 43.7 Å². The number of ether oxygens (including phenoxy) is 2. The minimum Gasteiger partial charge on any atom is -0.493 e. The summed E-state index contributed by atoms with van der Waals surface area (Å²) in [7, 11) is 3.30. The van der Waals surface area contributed by atoms with Gasteiger partial charge in [-0.3, -0.25) is 14.6 Å². The van der Waals surface area contributed by atoms with Crippen molar-refractivity contribution in [3.63, 3.8) is 0 Å². The van der Waals surface area contributed by atoms with Crippen LogP contribution in [0.15, 0.2) is 42.5 Å². The van der Waals surface area contributed by atoms with E-state index >= 15 is 0 Å². The highest BCUT2D eigenvalue weighted by Crippen LogP contribution is 2.28. The van der Waals surface area contributed by atoms with Gasteiger partial charge in [-0.2, -0.15) is 0 Å². The second-order valence-corrected chi connectivity index (χ2v) is 7.53. The number of piperazine rings is 1. The second kappa shape index (κ2) is 9.76. The van der Waals surface area contributed by atoms with Crippen LogP contribution in [0, 0.1) is 6.92 Å². The first kappa shape index (κ1) is 21.1. The smallest absolute Gasteiger partial charge is 0.241 e. The molecule has 29 heavy (non-hydrogen) atoms. The maximum Gasteiger partial charge on any atom is 0.241 e. The molecule has 6 nitrogen and oxygen atoms in total. The highest BCUT2D eigenvalue weighted by atomic mass is 16.5. The first-order valence-electron chi connectivity index (χ1n) is 10.0. The third-order valence-corrected chi connectivity index (χ3v) is 5.51. The number of aryl methyl sites for hydroxylation is 1. The van der Waals surface area contributed by atoms with Gasteiger partial charge in [0, 0.05) is 38.4 Å². The quantitative estimate of drug-likeness (QED) is 0.778. The van der Waals surface area contributed by atoms with Gasteiger partial charge >= 0.3 is 0 Å². The van der Waals surface area contributed by atoms with Crippen molar-refractivity contribution in [3.8, 4) is 11.5 Å². The molecule has 1 saturated heterocycles. The lowest BCUT2D eigenvalue weighted by Crippen LogP contribution is -2.52. The van der Waals surface area contributed by atoms with Gasteiger partial charge in [0.05, 0.1) is 20.3 Å². The van der Waals surface area contributed by atoms with E-state index in [2.05, 4.69) is 21.2 Å². The Bertz CT molecular complexity index is 815. The Hall–Kier alpha value is -2.57. The fourth-order valence-electron chi connectivity index (χ4n) is 3.60. The van der Waals surface area contributed by atoms with Crippen molar-refractivity contribution in [3.05, 3.63) is 53.6 Å².